The first kappa shape index (κ1) is 14.8. The minimum atomic E-state index is -0.527. The number of benzene rings is 2. The molecule has 2 aromatic carbocycles. The van der Waals surface area contributed by atoms with Crippen molar-refractivity contribution in [3.8, 4) is 5.75 Å². The van der Waals surface area contributed by atoms with E-state index >= 15 is 0 Å². The summed E-state index contributed by atoms with van der Waals surface area (Å²) in [4.78, 5) is 1.15. The highest BCUT2D eigenvalue weighted by molar-refractivity contribution is 7.99. The van der Waals surface area contributed by atoms with Crippen molar-refractivity contribution in [3.63, 3.8) is 0 Å². The van der Waals surface area contributed by atoms with E-state index in [1.165, 1.54) is 5.56 Å². The quantitative estimate of drug-likeness (QED) is 0.634. The molecule has 1 unspecified atom stereocenters. The number of hydrogen-bond donors (Lipinski definition) is 2. The van der Waals surface area contributed by atoms with Crippen LogP contribution in [0, 0.1) is 6.92 Å². The predicted octanol–water partition coefficient (Wildman–Crippen LogP) is 3.11. The third-order valence-electron chi connectivity index (χ3n) is 2.81. The summed E-state index contributed by atoms with van der Waals surface area (Å²) < 4.78 is 5.52. The second-order valence-corrected chi connectivity index (χ2v) is 5.72. The Hall–Kier alpha value is -1.65. The molecule has 0 aliphatic rings. The predicted molar refractivity (Wildman–Crippen MR) is 84.3 cm³/mol. The van der Waals surface area contributed by atoms with Gasteiger partial charge in [-0.3, -0.25) is 0 Å². The summed E-state index contributed by atoms with van der Waals surface area (Å²) >= 11 is 1.62. The Morgan fingerprint density at radius 1 is 1.15 bits per heavy atom. The van der Waals surface area contributed by atoms with Gasteiger partial charge in [0, 0.05) is 10.6 Å². The van der Waals surface area contributed by atoms with Gasteiger partial charge in [0.15, 0.2) is 0 Å². The maximum absolute atomic E-state index is 9.93. The fraction of sp³-hybridized carbons (Fsp3) is 0.250. The van der Waals surface area contributed by atoms with Gasteiger partial charge in [-0.2, -0.15) is 0 Å². The molecule has 0 heterocycles. The Labute approximate surface area is 123 Å². The molecule has 0 saturated carbocycles. The first-order chi connectivity index (χ1) is 9.65. The van der Waals surface area contributed by atoms with Crippen molar-refractivity contribution in [2.75, 3.05) is 18.1 Å². The summed E-state index contributed by atoms with van der Waals surface area (Å²) in [5, 5.41) is 9.93. The molecule has 0 fully saturated rings. The van der Waals surface area contributed by atoms with Crippen molar-refractivity contribution in [1.82, 2.24) is 0 Å². The lowest BCUT2D eigenvalue weighted by Gasteiger charge is -2.13. The molecule has 3 N–H and O–H groups in total. The molecule has 2 rings (SSSR count). The number of aryl methyl sites for hydroxylation is 1. The number of aliphatic hydroxyl groups excluding tert-OH is 1. The Balaban J connectivity index is 1.77. The molecule has 0 amide bonds. The molecule has 0 radical (unpaired) electrons. The molecule has 3 nitrogen and oxygen atoms in total. The summed E-state index contributed by atoms with van der Waals surface area (Å²) in [6.45, 7) is 2.30. The molecule has 4 heteroatoms. The van der Waals surface area contributed by atoms with Gasteiger partial charge in [0.25, 0.3) is 0 Å². The number of rotatable bonds is 6. The van der Waals surface area contributed by atoms with Crippen LogP contribution < -0.4 is 10.5 Å². The van der Waals surface area contributed by atoms with Crippen molar-refractivity contribution >= 4 is 17.4 Å². The standard InChI is InChI=1S/C16H19NO2S/c1-12-6-8-14(9-7-12)20-11-13(18)10-19-16-5-3-2-4-15(16)17/h2-9,13,18H,10-11,17H2,1H3. The van der Waals surface area contributed by atoms with Crippen LogP contribution in [0.4, 0.5) is 5.69 Å². The molecule has 0 bridgehead atoms. The van der Waals surface area contributed by atoms with Crippen molar-refractivity contribution in [2.45, 2.75) is 17.9 Å². The Bertz CT molecular complexity index is 542. The summed E-state index contributed by atoms with van der Waals surface area (Å²) in [7, 11) is 0. The summed E-state index contributed by atoms with van der Waals surface area (Å²) in [6, 6.07) is 15.5. The van der Waals surface area contributed by atoms with Gasteiger partial charge < -0.3 is 15.6 Å². The van der Waals surface area contributed by atoms with E-state index in [0.29, 0.717) is 17.2 Å². The normalized spacial score (nSPS) is 12.1. The minimum absolute atomic E-state index is 0.243. The maximum atomic E-state index is 9.93. The first-order valence-electron chi connectivity index (χ1n) is 6.50. The van der Waals surface area contributed by atoms with Gasteiger partial charge in [0.1, 0.15) is 12.4 Å². The van der Waals surface area contributed by atoms with Gasteiger partial charge in [-0.25, -0.2) is 0 Å². The molecule has 0 aliphatic heterocycles. The van der Waals surface area contributed by atoms with Gasteiger partial charge >= 0.3 is 0 Å². The topological polar surface area (TPSA) is 55.5 Å². The zero-order valence-corrected chi connectivity index (χ0v) is 12.3. The number of nitrogens with two attached hydrogens (primary N) is 1. The van der Waals surface area contributed by atoms with Gasteiger partial charge in [-0.05, 0) is 31.2 Å². The largest absolute Gasteiger partial charge is 0.489 e. The summed E-state index contributed by atoms with van der Waals surface area (Å²) in [5.41, 5.74) is 7.60. The molecule has 0 saturated heterocycles. The third kappa shape index (κ3) is 4.47. The smallest absolute Gasteiger partial charge is 0.142 e. The first-order valence-corrected chi connectivity index (χ1v) is 7.48. The van der Waals surface area contributed by atoms with Crippen LogP contribution in [0.5, 0.6) is 5.75 Å². The summed E-state index contributed by atoms with van der Waals surface area (Å²) in [5.74, 6) is 1.21. The van der Waals surface area contributed by atoms with E-state index < -0.39 is 6.10 Å². The third-order valence-corrected chi connectivity index (χ3v) is 3.97. The highest BCUT2D eigenvalue weighted by Crippen LogP contribution is 2.22. The maximum Gasteiger partial charge on any atom is 0.142 e. The van der Waals surface area contributed by atoms with Crippen LogP contribution in [0.25, 0.3) is 0 Å². The highest BCUT2D eigenvalue weighted by Gasteiger charge is 2.07. The van der Waals surface area contributed by atoms with Gasteiger partial charge in [0.2, 0.25) is 0 Å². The fourth-order valence-corrected chi connectivity index (χ4v) is 2.48. The lowest BCUT2D eigenvalue weighted by molar-refractivity contribution is 0.127. The number of hydrogen-bond acceptors (Lipinski definition) is 4. The van der Waals surface area contributed by atoms with Crippen molar-refractivity contribution in [2.24, 2.45) is 0 Å². The van der Waals surface area contributed by atoms with E-state index in [-0.39, 0.29) is 6.61 Å². The zero-order valence-electron chi connectivity index (χ0n) is 11.5. The van der Waals surface area contributed by atoms with Gasteiger partial charge in [-0.1, -0.05) is 29.8 Å². The minimum Gasteiger partial charge on any atom is -0.489 e. The van der Waals surface area contributed by atoms with E-state index in [1.807, 2.05) is 12.1 Å². The average Bonchev–Trinajstić information content (AvgIpc) is 2.46. The van der Waals surface area contributed by atoms with Crippen LogP contribution in [0.2, 0.25) is 0 Å². The van der Waals surface area contributed by atoms with Crippen LogP contribution in [0.3, 0.4) is 0 Å². The number of thioether (sulfide) groups is 1. The van der Waals surface area contributed by atoms with Gasteiger partial charge in [0.05, 0.1) is 11.8 Å². The molecule has 20 heavy (non-hydrogen) atoms. The van der Waals surface area contributed by atoms with Crippen LogP contribution in [0.1, 0.15) is 5.56 Å². The lowest BCUT2D eigenvalue weighted by atomic mass is 10.2. The van der Waals surface area contributed by atoms with E-state index in [0.717, 1.165) is 4.90 Å². The van der Waals surface area contributed by atoms with Crippen LogP contribution in [0.15, 0.2) is 53.4 Å². The van der Waals surface area contributed by atoms with Crippen molar-refractivity contribution in [1.29, 1.82) is 0 Å². The zero-order chi connectivity index (χ0) is 14.4. The molecule has 0 aliphatic carbocycles. The van der Waals surface area contributed by atoms with E-state index in [2.05, 4.69) is 31.2 Å². The van der Waals surface area contributed by atoms with Crippen LogP contribution in [-0.2, 0) is 0 Å². The van der Waals surface area contributed by atoms with E-state index in [1.54, 1.807) is 23.9 Å². The Kier molecular flexibility index (Phi) is 5.32. The SMILES string of the molecule is Cc1ccc(SCC(O)COc2ccccc2N)cc1. The number of nitrogen functional groups attached to an aromatic ring is 1. The fourth-order valence-electron chi connectivity index (χ4n) is 1.67. The van der Waals surface area contributed by atoms with Gasteiger partial charge in [-0.15, -0.1) is 11.8 Å². The number of anilines is 1. The number of aliphatic hydroxyl groups is 1. The number of ether oxygens (including phenoxy) is 1. The Morgan fingerprint density at radius 2 is 1.85 bits per heavy atom. The molecule has 1 atom stereocenters. The second-order valence-electron chi connectivity index (χ2n) is 4.63. The van der Waals surface area contributed by atoms with Crippen molar-refractivity contribution < 1.29 is 9.84 Å². The lowest BCUT2D eigenvalue weighted by Crippen LogP contribution is -2.20. The summed E-state index contributed by atoms with van der Waals surface area (Å²) in [6.07, 6.45) is -0.527. The van der Waals surface area contributed by atoms with Crippen molar-refractivity contribution in [3.05, 3.63) is 54.1 Å². The average molecular weight is 289 g/mol. The monoisotopic (exact) mass is 289 g/mol. The van der Waals surface area contributed by atoms with Crippen LogP contribution >= 0.6 is 11.8 Å². The highest BCUT2D eigenvalue weighted by atomic mass is 32.2. The van der Waals surface area contributed by atoms with Crippen LogP contribution in [-0.4, -0.2) is 23.6 Å². The molecular weight excluding hydrogens is 270 g/mol. The molecule has 0 spiro atoms. The molecular formula is C16H19NO2S. The van der Waals surface area contributed by atoms with E-state index in [4.69, 9.17) is 10.5 Å². The Morgan fingerprint density at radius 3 is 2.55 bits per heavy atom. The second kappa shape index (κ2) is 7.22. The molecule has 0 aromatic heterocycles. The van der Waals surface area contributed by atoms with E-state index in [9.17, 15) is 5.11 Å². The number of para-hydroxylation sites is 2. The molecule has 106 valence electrons. The molecule has 2 aromatic rings.